The number of H-pyrrole nitrogens is 3. The first-order valence-corrected chi connectivity index (χ1v) is 5.33. The van der Waals surface area contributed by atoms with Gasteiger partial charge < -0.3 is 21.0 Å². The molecule has 96 valence electrons. The molecule has 0 spiro atoms. The van der Waals surface area contributed by atoms with Gasteiger partial charge in [-0.3, -0.25) is 9.89 Å². The third-order valence-electron chi connectivity index (χ3n) is 2.49. The molecule has 2 aromatic heterocycles. The summed E-state index contributed by atoms with van der Waals surface area (Å²) in [5.74, 6) is -0.461. The number of imidazole rings is 1. The van der Waals surface area contributed by atoms with Crippen molar-refractivity contribution < 1.29 is 4.79 Å². The van der Waals surface area contributed by atoms with E-state index in [0.29, 0.717) is 16.7 Å². The average molecular weight is 259 g/mol. The quantitative estimate of drug-likeness (QED) is 0.433. The van der Waals surface area contributed by atoms with Gasteiger partial charge in [0.15, 0.2) is 0 Å². The van der Waals surface area contributed by atoms with E-state index >= 15 is 0 Å². The van der Waals surface area contributed by atoms with Crippen molar-refractivity contribution in [2.75, 3.05) is 11.1 Å². The maximum absolute atomic E-state index is 11.8. The molecule has 0 bridgehead atoms. The fraction of sp³-hybridized carbons (Fsp3) is 0. The van der Waals surface area contributed by atoms with Crippen LogP contribution in [0.15, 0.2) is 23.0 Å². The van der Waals surface area contributed by atoms with Crippen molar-refractivity contribution in [1.82, 2.24) is 25.1 Å². The number of fused-ring (bicyclic) bond motifs is 1. The number of rotatable bonds is 2. The highest BCUT2D eigenvalue weighted by Gasteiger charge is 2.11. The lowest BCUT2D eigenvalue weighted by atomic mass is 10.2. The molecule has 0 aliphatic heterocycles. The number of hydrogen-bond donors (Lipinski definition) is 5. The fourth-order valence-electron chi connectivity index (χ4n) is 1.68. The summed E-state index contributed by atoms with van der Waals surface area (Å²) < 4.78 is 0. The van der Waals surface area contributed by atoms with E-state index in [1.165, 1.54) is 0 Å². The number of aromatic nitrogens is 5. The molecular formula is C10H9N7O2. The normalized spacial score (nSPS) is 10.7. The monoisotopic (exact) mass is 259 g/mol. The molecule has 0 radical (unpaired) electrons. The molecule has 3 aromatic rings. The fourth-order valence-corrected chi connectivity index (χ4v) is 1.68. The predicted molar refractivity (Wildman–Crippen MR) is 67.7 cm³/mol. The molecule has 9 nitrogen and oxygen atoms in total. The Morgan fingerprint density at radius 1 is 1.26 bits per heavy atom. The minimum Gasteiger partial charge on any atom is -0.366 e. The summed E-state index contributed by atoms with van der Waals surface area (Å²) in [6, 6.07) is 4.96. The Morgan fingerprint density at radius 3 is 2.79 bits per heavy atom. The first-order valence-electron chi connectivity index (χ1n) is 5.33. The average Bonchev–Trinajstić information content (AvgIpc) is 2.93. The van der Waals surface area contributed by atoms with Crippen molar-refractivity contribution in [3.8, 4) is 0 Å². The highest BCUT2D eigenvalue weighted by molar-refractivity contribution is 6.02. The molecular weight excluding hydrogens is 250 g/mol. The van der Waals surface area contributed by atoms with Gasteiger partial charge >= 0.3 is 5.69 Å². The number of benzene rings is 1. The van der Waals surface area contributed by atoms with Gasteiger partial charge in [0.1, 0.15) is 0 Å². The predicted octanol–water partition coefficient (Wildman–Crippen LogP) is -0.191. The topological polar surface area (TPSA) is 145 Å². The number of nitrogen functional groups attached to an aromatic ring is 1. The molecule has 0 unspecified atom stereocenters. The second-order valence-corrected chi connectivity index (χ2v) is 3.84. The Kier molecular flexibility index (Phi) is 2.31. The van der Waals surface area contributed by atoms with E-state index in [1.807, 2.05) is 0 Å². The van der Waals surface area contributed by atoms with Gasteiger partial charge in [0.25, 0.3) is 5.91 Å². The lowest BCUT2D eigenvalue weighted by Gasteiger charge is -2.02. The molecule has 1 aromatic carbocycles. The van der Waals surface area contributed by atoms with Crippen molar-refractivity contribution in [1.29, 1.82) is 0 Å². The number of anilines is 2. The summed E-state index contributed by atoms with van der Waals surface area (Å²) in [5, 5.41) is 8.57. The smallest absolute Gasteiger partial charge is 0.323 e. The second kappa shape index (κ2) is 3.98. The number of hydrogen-bond acceptors (Lipinski definition) is 5. The molecule has 9 heteroatoms. The lowest BCUT2D eigenvalue weighted by molar-refractivity contribution is 0.101. The molecule has 0 fully saturated rings. The molecule has 1 amide bonds. The second-order valence-electron chi connectivity index (χ2n) is 3.84. The van der Waals surface area contributed by atoms with Crippen LogP contribution in [0.3, 0.4) is 0 Å². The summed E-state index contributed by atoms with van der Waals surface area (Å²) in [7, 11) is 0. The summed E-state index contributed by atoms with van der Waals surface area (Å²) >= 11 is 0. The molecule has 6 N–H and O–H groups in total. The number of nitrogens with zero attached hydrogens (tertiary/aromatic N) is 2. The number of carbonyl (C=O) groups is 1. The molecule has 2 heterocycles. The zero-order chi connectivity index (χ0) is 13.4. The third-order valence-corrected chi connectivity index (χ3v) is 2.49. The highest BCUT2D eigenvalue weighted by Crippen LogP contribution is 2.15. The van der Waals surface area contributed by atoms with E-state index in [2.05, 4.69) is 30.5 Å². The van der Waals surface area contributed by atoms with Crippen LogP contribution in [0.1, 0.15) is 10.6 Å². The van der Waals surface area contributed by atoms with Gasteiger partial charge in [-0.25, -0.2) is 4.79 Å². The zero-order valence-electron chi connectivity index (χ0n) is 9.52. The summed E-state index contributed by atoms with van der Waals surface area (Å²) in [5.41, 5.74) is 6.78. The Hall–Kier alpha value is -3.10. The van der Waals surface area contributed by atoms with Crippen LogP contribution in [-0.4, -0.2) is 31.1 Å². The van der Waals surface area contributed by atoms with Crippen molar-refractivity contribution in [2.24, 2.45) is 0 Å². The lowest BCUT2D eigenvalue weighted by Crippen LogP contribution is -2.13. The van der Waals surface area contributed by atoms with E-state index in [9.17, 15) is 9.59 Å². The van der Waals surface area contributed by atoms with Gasteiger partial charge in [-0.15, -0.1) is 5.10 Å². The molecule has 0 saturated carbocycles. The van der Waals surface area contributed by atoms with Gasteiger partial charge in [0.05, 0.1) is 11.0 Å². The minimum atomic E-state index is -0.471. The maximum Gasteiger partial charge on any atom is 0.323 e. The van der Waals surface area contributed by atoms with Crippen molar-refractivity contribution in [2.45, 2.75) is 0 Å². The van der Waals surface area contributed by atoms with Gasteiger partial charge in [0.2, 0.25) is 11.8 Å². The molecule has 0 aliphatic carbocycles. The van der Waals surface area contributed by atoms with Crippen molar-refractivity contribution in [3.05, 3.63) is 34.5 Å². The number of aromatic amines is 3. The standard InChI is InChI=1S/C10H9N7O2/c11-9-15-7(16-17-9)8(18)12-4-1-2-5-6(3-4)14-10(19)13-5/h1-3H,(H,12,18)(H2,13,14,19)(H3,11,15,16,17). The third kappa shape index (κ3) is 2.04. The van der Waals surface area contributed by atoms with Crippen molar-refractivity contribution >= 4 is 28.6 Å². The highest BCUT2D eigenvalue weighted by atomic mass is 16.2. The Labute approximate surface area is 105 Å². The van der Waals surface area contributed by atoms with Crippen LogP contribution in [-0.2, 0) is 0 Å². The summed E-state index contributed by atoms with van der Waals surface area (Å²) in [6.45, 7) is 0. The van der Waals surface area contributed by atoms with Gasteiger partial charge in [0, 0.05) is 5.69 Å². The molecule has 0 atom stereocenters. The van der Waals surface area contributed by atoms with E-state index in [4.69, 9.17) is 5.73 Å². The van der Waals surface area contributed by atoms with Crippen LogP contribution in [0.5, 0.6) is 0 Å². The number of amides is 1. The number of nitrogens with two attached hydrogens (primary N) is 1. The maximum atomic E-state index is 11.8. The van der Waals surface area contributed by atoms with Gasteiger partial charge in [-0.05, 0) is 18.2 Å². The summed E-state index contributed by atoms with van der Waals surface area (Å²) in [4.78, 5) is 31.8. The van der Waals surface area contributed by atoms with E-state index < -0.39 is 5.91 Å². The number of carbonyl (C=O) groups excluding carboxylic acids is 1. The van der Waals surface area contributed by atoms with Crippen LogP contribution >= 0.6 is 0 Å². The molecule has 3 rings (SSSR count). The van der Waals surface area contributed by atoms with Crippen LogP contribution in [0, 0.1) is 0 Å². The SMILES string of the molecule is Nc1n[nH]c(C(=O)Nc2ccc3[nH]c(=O)[nH]c3c2)n1. The van der Waals surface area contributed by atoms with Crippen LogP contribution in [0.25, 0.3) is 11.0 Å². The Bertz CT molecular complexity index is 813. The first-order chi connectivity index (χ1) is 9.11. The van der Waals surface area contributed by atoms with E-state index in [1.54, 1.807) is 18.2 Å². The van der Waals surface area contributed by atoms with Crippen LogP contribution in [0.2, 0.25) is 0 Å². The zero-order valence-corrected chi connectivity index (χ0v) is 9.52. The van der Waals surface area contributed by atoms with Gasteiger partial charge in [-0.2, -0.15) is 4.98 Å². The van der Waals surface area contributed by atoms with Crippen LogP contribution < -0.4 is 16.7 Å². The van der Waals surface area contributed by atoms with Crippen LogP contribution in [0.4, 0.5) is 11.6 Å². The summed E-state index contributed by atoms with van der Waals surface area (Å²) in [6.07, 6.45) is 0. The van der Waals surface area contributed by atoms with Crippen molar-refractivity contribution in [3.63, 3.8) is 0 Å². The Morgan fingerprint density at radius 2 is 2.05 bits per heavy atom. The van der Waals surface area contributed by atoms with Gasteiger partial charge in [-0.1, -0.05) is 0 Å². The Balaban J connectivity index is 1.88. The minimum absolute atomic E-state index is 0.00410. The molecule has 0 aliphatic rings. The number of nitrogens with one attached hydrogen (secondary N) is 4. The molecule has 0 saturated heterocycles. The largest absolute Gasteiger partial charge is 0.366 e. The first kappa shape index (κ1) is 11.0. The molecule has 19 heavy (non-hydrogen) atoms. The van der Waals surface area contributed by atoms with E-state index in [0.717, 1.165) is 0 Å². The van der Waals surface area contributed by atoms with E-state index in [-0.39, 0.29) is 17.5 Å².